The van der Waals surface area contributed by atoms with Crippen LogP contribution >= 0.6 is 0 Å². The average Bonchev–Trinajstić information content (AvgIpc) is 2.99. The Labute approximate surface area is 157 Å². The van der Waals surface area contributed by atoms with Crippen LogP contribution in [0.25, 0.3) is 10.9 Å². The Morgan fingerprint density at radius 1 is 1.04 bits per heavy atom. The lowest BCUT2D eigenvalue weighted by molar-refractivity contribution is 0.659. The Morgan fingerprint density at radius 2 is 1.89 bits per heavy atom. The Morgan fingerprint density at radius 3 is 2.67 bits per heavy atom. The fourth-order valence-corrected chi connectivity index (χ4v) is 3.16. The van der Waals surface area contributed by atoms with E-state index in [4.69, 9.17) is 0 Å². The minimum atomic E-state index is 0.276. The summed E-state index contributed by atoms with van der Waals surface area (Å²) in [4.78, 5) is 0. The largest absolute Gasteiger partial charge is 0.353 e. The van der Waals surface area contributed by atoms with Gasteiger partial charge in [-0.1, -0.05) is 30.3 Å². The monoisotopic (exact) mass is 354 g/mol. The highest BCUT2D eigenvalue weighted by atomic mass is 15.3. The first kappa shape index (κ1) is 16.7. The standard InChI is InChI=1S/C21H18N6/c1-14-10-15(2)27(26-14)13-16-6-5-7-17(11-16)23-21-18-8-3-4-9-19(18)24-25-20(21)12-22/h3-11H,13H2,1-2H3,(H,23,24). The number of anilines is 2. The van der Waals surface area contributed by atoms with Gasteiger partial charge in [-0.15, -0.1) is 10.2 Å². The molecule has 0 saturated heterocycles. The van der Waals surface area contributed by atoms with Crippen molar-refractivity contribution in [3.63, 3.8) is 0 Å². The maximum Gasteiger partial charge on any atom is 0.187 e. The fraction of sp³-hybridized carbons (Fsp3) is 0.143. The second-order valence-corrected chi connectivity index (χ2v) is 6.46. The summed E-state index contributed by atoms with van der Waals surface area (Å²) in [5.41, 5.74) is 5.85. The quantitative estimate of drug-likeness (QED) is 0.597. The van der Waals surface area contributed by atoms with Crippen molar-refractivity contribution < 1.29 is 0 Å². The number of aryl methyl sites for hydroxylation is 2. The van der Waals surface area contributed by atoms with Crippen molar-refractivity contribution in [1.29, 1.82) is 5.26 Å². The van der Waals surface area contributed by atoms with Crippen LogP contribution in [0, 0.1) is 25.2 Å². The molecule has 0 saturated carbocycles. The van der Waals surface area contributed by atoms with Crippen molar-refractivity contribution in [3.8, 4) is 6.07 Å². The topological polar surface area (TPSA) is 79.4 Å². The van der Waals surface area contributed by atoms with Gasteiger partial charge < -0.3 is 5.32 Å². The zero-order valence-corrected chi connectivity index (χ0v) is 15.1. The zero-order chi connectivity index (χ0) is 18.8. The molecule has 6 heteroatoms. The molecule has 0 atom stereocenters. The fourth-order valence-electron chi connectivity index (χ4n) is 3.16. The molecule has 0 amide bonds. The van der Waals surface area contributed by atoms with E-state index in [0.717, 1.165) is 33.5 Å². The molecule has 0 bridgehead atoms. The molecule has 2 aromatic carbocycles. The van der Waals surface area contributed by atoms with Crippen molar-refractivity contribution in [2.24, 2.45) is 0 Å². The number of aromatic nitrogens is 4. The smallest absolute Gasteiger partial charge is 0.187 e. The van der Waals surface area contributed by atoms with E-state index < -0.39 is 0 Å². The van der Waals surface area contributed by atoms with Gasteiger partial charge >= 0.3 is 0 Å². The van der Waals surface area contributed by atoms with Crippen LogP contribution in [0.2, 0.25) is 0 Å². The summed E-state index contributed by atoms with van der Waals surface area (Å²) < 4.78 is 1.98. The number of rotatable bonds is 4. The van der Waals surface area contributed by atoms with E-state index in [1.807, 2.05) is 48.0 Å². The summed E-state index contributed by atoms with van der Waals surface area (Å²) in [6, 6.07) is 19.9. The number of nitrogens with one attached hydrogen (secondary N) is 1. The Kier molecular flexibility index (Phi) is 4.27. The molecule has 4 aromatic rings. The van der Waals surface area contributed by atoms with Crippen molar-refractivity contribution in [1.82, 2.24) is 20.0 Å². The molecule has 6 nitrogen and oxygen atoms in total. The molecule has 27 heavy (non-hydrogen) atoms. The first-order chi connectivity index (χ1) is 13.1. The molecule has 0 radical (unpaired) electrons. The van der Waals surface area contributed by atoms with E-state index in [2.05, 4.69) is 51.8 Å². The number of nitriles is 1. The van der Waals surface area contributed by atoms with Crippen LogP contribution in [-0.2, 0) is 6.54 Å². The van der Waals surface area contributed by atoms with E-state index in [0.29, 0.717) is 12.2 Å². The summed E-state index contributed by atoms with van der Waals surface area (Å²) in [7, 11) is 0. The maximum absolute atomic E-state index is 9.43. The average molecular weight is 354 g/mol. The third kappa shape index (κ3) is 3.35. The Bertz CT molecular complexity index is 1170. The molecular weight excluding hydrogens is 336 g/mol. The molecule has 1 N–H and O–H groups in total. The van der Waals surface area contributed by atoms with Crippen molar-refractivity contribution in [3.05, 3.63) is 77.2 Å². The van der Waals surface area contributed by atoms with Gasteiger partial charge in [-0.2, -0.15) is 10.4 Å². The van der Waals surface area contributed by atoms with Gasteiger partial charge in [-0.25, -0.2) is 0 Å². The molecular formula is C21H18N6. The number of fused-ring (bicyclic) bond motifs is 1. The van der Waals surface area contributed by atoms with Crippen LogP contribution in [0.3, 0.4) is 0 Å². The first-order valence-corrected chi connectivity index (χ1v) is 8.66. The molecule has 0 aliphatic carbocycles. The minimum Gasteiger partial charge on any atom is -0.353 e. The third-order valence-corrected chi connectivity index (χ3v) is 4.41. The molecule has 2 aromatic heterocycles. The lowest BCUT2D eigenvalue weighted by atomic mass is 10.1. The third-order valence-electron chi connectivity index (χ3n) is 4.41. The van der Waals surface area contributed by atoms with Gasteiger partial charge in [0.15, 0.2) is 5.69 Å². The maximum atomic E-state index is 9.43. The predicted octanol–water partition coefficient (Wildman–Crippen LogP) is 4.11. The molecule has 2 heterocycles. The first-order valence-electron chi connectivity index (χ1n) is 8.66. The van der Waals surface area contributed by atoms with Gasteiger partial charge in [0.2, 0.25) is 0 Å². The highest BCUT2D eigenvalue weighted by Gasteiger charge is 2.11. The number of hydrogen-bond acceptors (Lipinski definition) is 5. The van der Waals surface area contributed by atoms with Crippen molar-refractivity contribution in [2.45, 2.75) is 20.4 Å². The van der Waals surface area contributed by atoms with Crippen molar-refractivity contribution >= 4 is 22.3 Å². The summed E-state index contributed by atoms with van der Waals surface area (Å²) in [6.07, 6.45) is 0. The number of benzene rings is 2. The highest BCUT2D eigenvalue weighted by molar-refractivity contribution is 5.94. The van der Waals surface area contributed by atoms with Crippen LogP contribution in [0.1, 0.15) is 22.6 Å². The second kappa shape index (κ2) is 6.89. The molecule has 0 spiro atoms. The molecule has 0 unspecified atom stereocenters. The van der Waals surface area contributed by atoms with Crippen molar-refractivity contribution in [2.75, 3.05) is 5.32 Å². The van der Waals surface area contributed by atoms with Gasteiger partial charge in [0, 0.05) is 16.8 Å². The summed E-state index contributed by atoms with van der Waals surface area (Å²) >= 11 is 0. The van der Waals surface area contributed by atoms with E-state index in [9.17, 15) is 5.26 Å². The van der Waals surface area contributed by atoms with E-state index in [-0.39, 0.29) is 5.69 Å². The van der Waals surface area contributed by atoms with Gasteiger partial charge in [0.05, 0.1) is 23.4 Å². The van der Waals surface area contributed by atoms with Gasteiger partial charge in [0.1, 0.15) is 6.07 Å². The van der Waals surface area contributed by atoms with Gasteiger partial charge in [0.25, 0.3) is 0 Å². The highest BCUT2D eigenvalue weighted by Crippen LogP contribution is 2.27. The summed E-state index contributed by atoms with van der Waals surface area (Å²) in [5, 5.41) is 26.3. The Balaban J connectivity index is 1.69. The van der Waals surface area contributed by atoms with Crippen LogP contribution in [0.15, 0.2) is 54.6 Å². The number of nitrogens with zero attached hydrogens (tertiary/aromatic N) is 5. The Hall–Kier alpha value is -3.72. The lowest BCUT2D eigenvalue weighted by Gasteiger charge is -2.12. The minimum absolute atomic E-state index is 0.276. The van der Waals surface area contributed by atoms with Crippen LogP contribution in [0.4, 0.5) is 11.4 Å². The second-order valence-electron chi connectivity index (χ2n) is 6.46. The molecule has 0 aliphatic heterocycles. The van der Waals surface area contributed by atoms with Gasteiger partial charge in [-0.3, -0.25) is 4.68 Å². The van der Waals surface area contributed by atoms with Crippen LogP contribution in [-0.4, -0.2) is 20.0 Å². The predicted molar refractivity (Wildman–Crippen MR) is 105 cm³/mol. The summed E-state index contributed by atoms with van der Waals surface area (Å²) in [5.74, 6) is 0. The molecule has 0 aliphatic rings. The van der Waals surface area contributed by atoms with E-state index in [1.54, 1.807) is 0 Å². The van der Waals surface area contributed by atoms with E-state index in [1.165, 1.54) is 0 Å². The normalized spacial score (nSPS) is 10.7. The molecule has 0 fully saturated rings. The van der Waals surface area contributed by atoms with Crippen LogP contribution in [0.5, 0.6) is 0 Å². The van der Waals surface area contributed by atoms with E-state index >= 15 is 0 Å². The lowest BCUT2D eigenvalue weighted by Crippen LogP contribution is -2.05. The SMILES string of the molecule is Cc1cc(C)n(Cc2cccc(Nc3c(C#N)nnc4ccccc34)c2)n1. The zero-order valence-electron chi connectivity index (χ0n) is 15.1. The number of hydrogen-bond donors (Lipinski definition) is 1. The molecule has 4 rings (SSSR count). The molecule has 132 valence electrons. The van der Waals surface area contributed by atoms with Crippen LogP contribution < -0.4 is 5.32 Å². The summed E-state index contributed by atoms with van der Waals surface area (Å²) in [6.45, 7) is 4.73. The van der Waals surface area contributed by atoms with Gasteiger partial charge in [-0.05, 0) is 43.7 Å².